The van der Waals surface area contributed by atoms with E-state index in [1.54, 1.807) is 30.3 Å². The van der Waals surface area contributed by atoms with Crippen LogP contribution in [0.1, 0.15) is 27.4 Å². The average molecular weight is 358 g/mol. The maximum Gasteiger partial charge on any atom is 0.352 e. The van der Waals surface area contributed by atoms with Crippen LogP contribution in [0.25, 0.3) is 0 Å². The first kappa shape index (κ1) is 16.4. The van der Waals surface area contributed by atoms with Crippen molar-refractivity contribution in [3.63, 3.8) is 0 Å². The van der Waals surface area contributed by atoms with Crippen molar-refractivity contribution in [3.8, 4) is 17.2 Å². The van der Waals surface area contributed by atoms with Gasteiger partial charge in [-0.25, -0.2) is 9.18 Å². The molecule has 2 aromatic carbocycles. The van der Waals surface area contributed by atoms with E-state index in [-0.39, 0.29) is 12.4 Å². The topological polar surface area (TPSA) is 71.1 Å². The molecule has 6 nitrogen and oxygen atoms in total. The zero-order chi connectivity index (χ0) is 18.5. The van der Waals surface area contributed by atoms with Gasteiger partial charge in [-0.05, 0) is 35.4 Å². The summed E-state index contributed by atoms with van der Waals surface area (Å²) in [5.74, 6) is -2.01. The summed E-state index contributed by atoms with van der Waals surface area (Å²) in [7, 11) is 2.56. The van der Waals surface area contributed by atoms with Crippen LogP contribution in [-0.2, 0) is 9.53 Å². The number of carbonyl (C=O) groups is 2. The number of hydrogen-bond donors (Lipinski definition) is 0. The Hall–Kier alpha value is -3.09. The van der Waals surface area contributed by atoms with Crippen molar-refractivity contribution in [2.24, 2.45) is 0 Å². The molecule has 1 aliphatic carbocycles. The van der Waals surface area contributed by atoms with Crippen molar-refractivity contribution in [2.45, 2.75) is 11.6 Å². The fourth-order valence-corrected chi connectivity index (χ4v) is 3.50. The van der Waals surface area contributed by atoms with E-state index in [0.29, 0.717) is 28.4 Å². The molecule has 4 rings (SSSR count). The number of fused-ring (bicyclic) bond motifs is 2. The lowest BCUT2D eigenvalue weighted by Gasteiger charge is -2.24. The number of methoxy groups -OCH3 is 2. The second-order valence-corrected chi connectivity index (χ2v) is 6.03. The minimum atomic E-state index is -2.86. The quantitative estimate of drug-likeness (QED) is 0.621. The molecule has 26 heavy (non-hydrogen) atoms. The largest absolute Gasteiger partial charge is 0.497 e. The molecule has 1 aliphatic heterocycles. The number of esters is 1. The molecule has 0 unspecified atom stereocenters. The Labute approximate surface area is 148 Å². The molecule has 7 heteroatoms. The van der Waals surface area contributed by atoms with Crippen molar-refractivity contribution in [3.05, 3.63) is 53.1 Å². The van der Waals surface area contributed by atoms with E-state index in [9.17, 15) is 9.59 Å². The molecule has 0 fully saturated rings. The summed E-state index contributed by atoms with van der Waals surface area (Å²) in [5, 5.41) is 0. The Morgan fingerprint density at radius 3 is 2.42 bits per heavy atom. The molecule has 0 amide bonds. The number of benzene rings is 2. The van der Waals surface area contributed by atoms with Gasteiger partial charge in [-0.2, -0.15) is 0 Å². The Balaban J connectivity index is 1.93. The second-order valence-electron chi connectivity index (χ2n) is 6.03. The summed E-state index contributed by atoms with van der Waals surface area (Å²) >= 11 is 0. The lowest BCUT2D eigenvalue weighted by atomic mass is 9.83. The van der Waals surface area contributed by atoms with E-state index in [4.69, 9.17) is 14.2 Å². The third kappa shape index (κ3) is 2.09. The van der Waals surface area contributed by atoms with Gasteiger partial charge in [-0.3, -0.25) is 4.79 Å². The zero-order valence-corrected chi connectivity index (χ0v) is 14.1. The predicted molar refractivity (Wildman–Crippen MR) is 87.6 cm³/mol. The summed E-state index contributed by atoms with van der Waals surface area (Å²) in [4.78, 5) is 25.1. The van der Waals surface area contributed by atoms with Crippen LogP contribution >= 0.6 is 0 Å². The van der Waals surface area contributed by atoms with E-state index in [0.717, 1.165) is 7.11 Å². The van der Waals surface area contributed by atoms with Crippen LogP contribution in [0.3, 0.4) is 0 Å². The highest BCUT2D eigenvalue weighted by Gasteiger charge is 2.61. The third-order valence-corrected chi connectivity index (χ3v) is 4.76. The van der Waals surface area contributed by atoms with E-state index >= 15 is 4.39 Å². The smallest absolute Gasteiger partial charge is 0.352 e. The maximum absolute atomic E-state index is 15.9. The molecule has 0 bridgehead atoms. The van der Waals surface area contributed by atoms with E-state index in [1.807, 2.05) is 0 Å². The van der Waals surface area contributed by atoms with Crippen LogP contribution in [-0.4, -0.2) is 38.4 Å². The standard InChI is InChI=1S/C19H15FO6/c1-23-11-5-3-10(4-6-11)16-12-7-14-15(26-9-25-14)8-13(12)17(21)19(16,20)18(22)24-2/h3-8,16H,9H2,1-2H3/t16-,19-/m0/s1. The second kappa shape index (κ2) is 5.72. The van der Waals surface area contributed by atoms with E-state index < -0.39 is 23.3 Å². The fraction of sp³-hybridized carbons (Fsp3) is 0.263. The number of halogens is 1. The van der Waals surface area contributed by atoms with Crippen molar-refractivity contribution in [2.75, 3.05) is 21.0 Å². The molecule has 2 aromatic rings. The van der Waals surface area contributed by atoms with Gasteiger partial charge in [0, 0.05) is 5.56 Å². The molecule has 1 heterocycles. The van der Waals surface area contributed by atoms with Crippen LogP contribution in [0.5, 0.6) is 17.2 Å². The van der Waals surface area contributed by atoms with Gasteiger partial charge in [-0.15, -0.1) is 0 Å². The normalized spacial score (nSPS) is 22.9. The monoisotopic (exact) mass is 358 g/mol. The zero-order valence-electron chi connectivity index (χ0n) is 14.1. The predicted octanol–water partition coefficient (Wildman–Crippen LogP) is 2.63. The Kier molecular flexibility index (Phi) is 3.61. The number of alkyl halides is 1. The van der Waals surface area contributed by atoms with Crippen molar-refractivity contribution in [1.29, 1.82) is 0 Å². The van der Waals surface area contributed by atoms with Gasteiger partial charge >= 0.3 is 5.97 Å². The van der Waals surface area contributed by atoms with Crippen molar-refractivity contribution in [1.82, 2.24) is 0 Å². The first-order valence-electron chi connectivity index (χ1n) is 7.90. The van der Waals surface area contributed by atoms with Crippen molar-refractivity contribution >= 4 is 11.8 Å². The highest BCUT2D eigenvalue weighted by molar-refractivity contribution is 6.20. The molecule has 0 N–H and O–H groups in total. The molecule has 0 aromatic heterocycles. The summed E-state index contributed by atoms with van der Waals surface area (Å²) in [5.41, 5.74) is -1.97. The number of hydrogen-bond acceptors (Lipinski definition) is 6. The van der Waals surface area contributed by atoms with Gasteiger partial charge in [0.2, 0.25) is 12.6 Å². The molecule has 0 saturated carbocycles. The van der Waals surface area contributed by atoms with Crippen LogP contribution in [0.2, 0.25) is 0 Å². The lowest BCUT2D eigenvalue weighted by Crippen LogP contribution is -2.44. The van der Waals surface area contributed by atoms with Gasteiger partial charge in [0.1, 0.15) is 5.75 Å². The molecular formula is C19H15FO6. The van der Waals surface area contributed by atoms with Crippen LogP contribution in [0, 0.1) is 0 Å². The van der Waals surface area contributed by atoms with Gasteiger partial charge < -0.3 is 18.9 Å². The minimum absolute atomic E-state index is 0.0252. The minimum Gasteiger partial charge on any atom is -0.497 e. The molecule has 2 aliphatic rings. The number of carbonyl (C=O) groups excluding carboxylic acids is 2. The number of ether oxygens (including phenoxy) is 4. The van der Waals surface area contributed by atoms with Gasteiger partial charge in [-0.1, -0.05) is 12.1 Å². The lowest BCUT2D eigenvalue weighted by molar-refractivity contribution is -0.151. The first-order chi connectivity index (χ1) is 12.5. The number of ketones is 1. The maximum atomic E-state index is 15.9. The molecule has 0 radical (unpaired) electrons. The number of Topliss-reactive ketones (excluding diaryl/α,β-unsaturated/α-hetero) is 1. The van der Waals surface area contributed by atoms with Crippen LogP contribution in [0.4, 0.5) is 4.39 Å². The summed E-state index contributed by atoms with van der Waals surface area (Å²) in [6.07, 6.45) is 0. The third-order valence-electron chi connectivity index (χ3n) is 4.76. The van der Waals surface area contributed by atoms with E-state index in [1.165, 1.54) is 13.2 Å². The van der Waals surface area contributed by atoms with Gasteiger partial charge in [0.05, 0.1) is 20.1 Å². The summed E-state index contributed by atoms with van der Waals surface area (Å²) in [6.45, 7) is 0.0252. The Morgan fingerprint density at radius 2 is 1.81 bits per heavy atom. The highest BCUT2D eigenvalue weighted by atomic mass is 19.1. The molecular weight excluding hydrogens is 343 g/mol. The Morgan fingerprint density at radius 1 is 1.15 bits per heavy atom. The van der Waals surface area contributed by atoms with Gasteiger partial charge in [0.25, 0.3) is 5.67 Å². The average Bonchev–Trinajstić information content (AvgIpc) is 3.21. The number of rotatable bonds is 3. The first-order valence-corrected chi connectivity index (χ1v) is 7.90. The summed E-state index contributed by atoms with van der Waals surface area (Å²) < 4.78 is 36.2. The molecule has 2 atom stereocenters. The summed E-state index contributed by atoms with van der Waals surface area (Å²) in [6, 6.07) is 9.49. The van der Waals surface area contributed by atoms with Crippen LogP contribution < -0.4 is 14.2 Å². The fourth-order valence-electron chi connectivity index (χ4n) is 3.50. The highest BCUT2D eigenvalue weighted by Crippen LogP contribution is 2.51. The molecule has 0 saturated heterocycles. The molecule has 0 spiro atoms. The van der Waals surface area contributed by atoms with Crippen LogP contribution in [0.15, 0.2) is 36.4 Å². The van der Waals surface area contributed by atoms with Crippen molar-refractivity contribution < 1.29 is 32.9 Å². The SMILES string of the molecule is COC(=O)[C@@]1(F)C(=O)c2cc3c(cc2[C@@H]1c1ccc(OC)cc1)OCO3. The Bertz CT molecular complexity index is 907. The van der Waals surface area contributed by atoms with Gasteiger partial charge in [0.15, 0.2) is 11.5 Å². The van der Waals surface area contributed by atoms with E-state index in [2.05, 4.69) is 4.74 Å². The molecule has 134 valence electrons.